The molecule has 7 heteroatoms. The zero-order valence-corrected chi connectivity index (χ0v) is 12.8. The molecule has 1 amide bonds. The maximum absolute atomic E-state index is 11.9. The molecule has 2 aromatic rings. The van der Waals surface area contributed by atoms with Gasteiger partial charge in [-0.15, -0.1) is 5.10 Å². The van der Waals surface area contributed by atoms with Gasteiger partial charge in [0.15, 0.2) is 5.69 Å². The Morgan fingerprint density at radius 3 is 3.05 bits per heavy atom. The van der Waals surface area contributed by atoms with Gasteiger partial charge in [-0.3, -0.25) is 4.79 Å². The Hall–Kier alpha value is -1.73. The molecule has 106 valence electrons. The van der Waals surface area contributed by atoms with Crippen LogP contribution in [0.1, 0.15) is 17.4 Å². The van der Waals surface area contributed by atoms with E-state index in [1.54, 1.807) is 18.0 Å². The third-order valence-electron chi connectivity index (χ3n) is 2.59. The van der Waals surface area contributed by atoms with Gasteiger partial charge in [0.25, 0.3) is 5.91 Å². The van der Waals surface area contributed by atoms with Crippen LogP contribution in [-0.2, 0) is 4.74 Å². The van der Waals surface area contributed by atoms with Crippen LogP contribution in [0.3, 0.4) is 0 Å². The third kappa shape index (κ3) is 3.64. The molecule has 1 aromatic carbocycles. The predicted molar refractivity (Wildman–Crippen MR) is 77.9 cm³/mol. The molecule has 0 aliphatic carbocycles. The Morgan fingerprint density at radius 2 is 2.35 bits per heavy atom. The highest BCUT2D eigenvalue weighted by Crippen LogP contribution is 2.14. The first-order chi connectivity index (χ1) is 9.60. The topological polar surface area (TPSA) is 69.0 Å². The number of amides is 1. The van der Waals surface area contributed by atoms with Crippen molar-refractivity contribution in [2.45, 2.75) is 13.0 Å². The predicted octanol–water partition coefficient (Wildman–Crippen LogP) is 1.79. The van der Waals surface area contributed by atoms with Crippen LogP contribution < -0.4 is 5.32 Å². The Bertz CT molecular complexity index is 600. The van der Waals surface area contributed by atoms with E-state index in [2.05, 4.69) is 31.6 Å². The lowest BCUT2D eigenvalue weighted by Gasteiger charge is -2.10. The molecule has 6 nitrogen and oxygen atoms in total. The van der Waals surface area contributed by atoms with Gasteiger partial charge in [0.1, 0.15) is 0 Å². The van der Waals surface area contributed by atoms with Crippen molar-refractivity contribution in [3.8, 4) is 5.69 Å². The average molecular weight is 339 g/mol. The number of aromatic nitrogens is 3. The van der Waals surface area contributed by atoms with Gasteiger partial charge in [-0.25, -0.2) is 4.68 Å². The smallest absolute Gasteiger partial charge is 0.273 e. The van der Waals surface area contributed by atoms with Crippen molar-refractivity contribution in [3.05, 3.63) is 40.6 Å². The molecule has 0 unspecified atom stereocenters. The number of hydrogen-bond donors (Lipinski definition) is 1. The zero-order chi connectivity index (χ0) is 14.5. The fraction of sp³-hybridized carbons (Fsp3) is 0.308. The van der Waals surface area contributed by atoms with Gasteiger partial charge in [-0.05, 0) is 25.1 Å². The quantitative estimate of drug-likeness (QED) is 0.902. The van der Waals surface area contributed by atoms with Crippen molar-refractivity contribution in [2.75, 3.05) is 13.7 Å². The summed E-state index contributed by atoms with van der Waals surface area (Å²) in [4.78, 5) is 11.9. The Balaban J connectivity index is 2.11. The zero-order valence-electron chi connectivity index (χ0n) is 11.2. The molecular formula is C13H15BrN4O2. The lowest BCUT2D eigenvalue weighted by atomic mass is 10.3. The molecule has 0 saturated heterocycles. The summed E-state index contributed by atoms with van der Waals surface area (Å²) >= 11 is 3.39. The van der Waals surface area contributed by atoms with Gasteiger partial charge in [-0.2, -0.15) is 0 Å². The number of nitrogens with one attached hydrogen (secondary N) is 1. The minimum absolute atomic E-state index is 0.0801. The Labute approximate surface area is 125 Å². The molecule has 20 heavy (non-hydrogen) atoms. The summed E-state index contributed by atoms with van der Waals surface area (Å²) in [5, 5.41) is 10.6. The Morgan fingerprint density at radius 1 is 1.55 bits per heavy atom. The maximum Gasteiger partial charge on any atom is 0.273 e. The highest BCUT2D eigenvalue weighted by Gasteiger charge is 2.14. The summed E-state index contributed by atoms with van der Waals surface area (Å²) in [5.41, 5.74) is 1.10. The van der Waals surface area contributed by atoms with Crippen LogP contribution in [0.25, 0.3) is 5.69 Å². The molecule has 1 atom stereocenters. The molecule has 1 N–H and O–H groups in total. The summed E-state index contributed by atoms with van der Waals surface area (Å²) in [7, 11) is 1.59. The monoisotopic (exact) mass is 338 g/mol. The summed E-state index contributed by atoms with van der Waals surface area (Å²) in [6.45, 7) is 2.31. The average Bonchev–Trinajstić information content (AvgIpc) is 2.88. The van der Waals surface area contributed by atoms with Crippen LogP contribution in [0, 0.1) is 0 Å². The molecule has 0 aliphatic rings. The van der Waals surface area contributed by atoms with Crippen molar-refractivity contribution in [2.24, 2.45) is 0 Å². The lowest BCUT2D eigenvalue weighted by molar-refractivity contribution is 0.0900. The van der Waals surface area contributed by atoms with E-state index in [9.17, 15) is 4.79 Å². The lowest BCUT2D eigenvalue weighted by Crippen LogP contribution is -2.35. The van der Waals surface area contributed by atoms with E-state index in [4.69, 9.17) is 4.74 Å². The number of methoxy groups -OCH3 is 1. The second-order valence-electron chi connectivity index (χ2n) is 4.36. The second-order valence-corrected chi connectivity index (χ2v) is 5.27. The first-order valence-electron chi connectivity index (χ1n) is 6.08. The molecule has 0 spiro atoms. The molecule has 0 saturated carbocycles. The van der Waals surface area contributed by atoms with Crippen LogP contribution in [-0.4, -0.2) is 40.7 Å². The van der Waals surface area contributed by atoms with Crippen molar-refractivity contribution in [1.29, 1.82) is 0 Å². The Kier molecular flexibility index (Phi) is 4.86. The maximum atomic E-state index is 11.9. The van der Waals surface area contributed by atoms with Gasteiger partial charge in [0, 0.05) is 17.6 Å². The second kappa shape index (κ2) is 6.62. The highest BCUT2D eigenvalue weighted by molar-refractivity contribution is 9.10. The van der Waals surface area contributed by atoms with Crippen molar-refractivity contribution >= 4 is 21.8 Å². The van der Waals surface area contributed by atoms with E-state index in [-0.39, 0.29) is 17.6 Å². The van der Waals surface area contributed by atoms with Crippen LogP contribution in [0.15, 0.2) is 34.9 Å². The van der Waals surface area contributed by atoms with Gasteiger partial charge < -0.3 is 10.1 Å². The number of halogens is 1. The van der Waals surface area contributed by atoms with E-state index < -0.39 is 0 Å². The molecule has 0 radical (unpaired) electrons. The number of hydrogen-bond acceptors (Lipinski definition) is 4. The number of ether oxygens (including phenoxy) is 1. The van der Waals surface area contributed by atoms with E-state index >= 15 is 0 Å². The van der Waals surface area contributed by atoms with Gasteiger partial charge in [0.2, 0.25) is 0 Å². The fourth-order valence-corrected chi connectivity index (χ4v) is 2.09. The molecule has 1 aromatic heterocycles. The molecule has 0 aliphatic heterocycles. The van der Waals surface area contributed by atoms with E-state index in [0.717, 1.165) is 10.2 Å². The number of carbonyl (C=O) groups excluding carboxylic acids is 1. The van der Waals surface area contributed by atoms with Crippen LogP contribution in [0.4, 0.5) is 0 Å². The summed E-state index contributed by atoms with van der Waals surface area (Å²) in [5.74, 6) is -0.268. The van der Waals surface area contributed by atoms with E-state index in [1.807, 2.05) is 31.2 Å². The number of rotatable bonds is 5. The van der Waals surface area contributed by atoms with E-state index in [1.165, 1.54) is 0 Å². The molecular weight excluding hydrogens is 324 g/mol. The molecule has 0 fully saturated rings. The standard InChI is InChI=1S/C13H15BrN4O2/c1-9(8-20-2)15-13(19)12-7-18(17-16-12)11-5-3-4-10(14)6-11/h3-7,9H,8H2,1-2H3,(H,15,19)/t9-/m1/s1. The number of benzene rings is 1. The van der Waals surface area contributed by atoms with Crippen LogP contribution in [0.5, 0.6) is 0 Å². The normalized spacial score (nSPS) is 12.2. The molecule has 1 heterocycles. The van der Waals surface area contributed by atoms with Gasteiger partial charge >= 0.3 is 0 Å². The van der Waals surface area contributed by atoms with E-state index in [0.29, 0.717) is 6.61 Å². The summed E-state index contributed by atoms with van der Waals surface area (Å²) < 4.78 is 7.46. The van der Waals surface area contributed by atoms with Crippen LogP contribution >= 0.6 is 15.9 Å². The SMILES string of the molecule is COC[C@@H](C)NC(=O)c1cn(-c2cccc(Br)c2)nn1. The van der Waals surface area contributed by atoms with Gasteiger partial charge in [-0.1, -0.05) is 27.2 Å². The molecule has 2 rings (SSSR count). The first kappa shape index (κ1) is 14.7. The largest absolute Gasteiger partial charge is 0.383 e. The van der Waals surface area contributed by atoms with Crippen molar-refractivity contribution in [1.82, 2.24) is 20.3 Å². The molecule has 0 bridgehead atoms. The minimum Gasteiger partial charge on any atom is -0.383 e. The number of carbonyl (C=O) groups is 1. The fourth-order valence-electron chi connectivity index (χ4n) is 1.70. The first-order valence-corrected chi connectivity index (χ1v) is 6.87. The summed E-state index contributed by atoms with van der Waals surface area (Å²) in [6, 6.07) is 7.50. The number of nitrogens with zero attached hydrogens (tertiary/aromatic N) is 3. The minimum atomic E-state index is -0.268. The van der Waals surface area contributed by atoms with Crippen LogP contribution in [0.2, 0.25) is 0 Å². The summed E-state index contributed by atoms with van der Waals surface area (Å²) in [6.07, 6.45) is 1.59. The van der Waals surface area contributed by atoms with Crippen molar-refractivity contribution in [3.63, 3.8) is 0 Å². The van der Waals surface area contributed by atoms with Crippen molar-refractivity contribution < 1.29 is 9.53 Å². The third-order valence-corrected chi connectivity index (χ3v) is 3.09. The highest BCUT2D eigenvalue weighted by atomic mass is 79.9. The van der Waals surface area contributed by atoms with Gasteiger partial charge in [0.05, 0.1) is 18.5 Å².